The number of aryl methyl sites for hydroxylation is 1. The number of imidazole rings is 1. The lowest BCUT2D eigenvalue weighted by Crippen LogP contribution is -2.40. The molecule has 0 aromatic carbocycles. The van der Waals surface area contributed by atoms with Crippen LogP contribution in [0.25, 0.3) is 0 Å². The molecule has 7 nitrogen and oxygen atoms in total. The van der Waals surface area contributed by atoms with Crippen LogP contribution in [0.3, 0.4) is 0 Å². The summed E-state index contributed by atoms with van der Waals surface area (Å²) in [5.74, 6) is 0.863. The highest BCUT2D eigenvalue weighted by Crippen LogP contribution is 1.98. The minimum Gasteiger partial charge on any atom is -0.338 e. The molecule has 8 heteroatoms. The molecule has 1 rings (SSSR count). The Labute approximate surface area is 121 Å². The third-order valence-corrected chi connectivity index (χ3v) is 4.61. The fourth-order valence-corrected chi connectivity index (χ4v) is 2.71. The molecule has 116 valence electrons. The SMILES string of the molecule is CCNCCCN(C)S(=O)(=O)NCCc1nccn1C. The van der Waals surface area contributed by atoms with Crippen molar-refractivity contribution in [2.24, 2.45) is 7.05 Å². The first kappa shape index (κ1) is 17.1. The highest BCUT2D eigenvalue weighted by molar-refractivity contribution is 7.87. The molecule has 0 saturated carbocycles. The van der Waals surface area contributed by atoms with Gasteiger partial charge in [0.1, 0.15) is 5.82 Å². The van der Waals surface area contributed by atoms with Gasteiger partial charge in [0.25, 0.3) is 10.2 Å². The van der Waals surface area contributed by atoms with Gasteiger partial charge in [-0.25, -0.2) is 9.71 Å². The van der Waals surface area contributed by atoms with Crippen molar-refractivity contribution in [3.8, 4) is 0 Å². The van der Waals surface area contributed by atoms with E-state index < -0.39 is 10.2 Å². The maximum Gasteiger partial charge on any atom is 0.279 e. The summed E-state index contributed by atoms with van der Waals surface area (Å²) in [6.45, 7) is 4.61. The van der Waals surface area contributed by atoms with Gasteiger partial charge in [0.2, 0.25) is 0 Å². The molecule has 0 fully saturated rings. The van der Waals surface area contributed by atoms with Crippen LogP contribution in [0.1, 0.15) is 19.2 Å². The van der Waals surface area contributed by atoms with Crippen molar-refractivity contribution in [1.29, 1.82) is 0 Å². The van der Waals surface area contributed by atoms with Gasteiger partial charge in [0.15, 0.2) is 0 Å². The molecule has 1 aromatic rings. The Bertz CT molecular complexity index is 486. The lowest BCUT2D eigenvalue weighted by Gasteiger charge is -2.17. The topological polar surface area (TPSA) is 79.3 Å². The van der Waals surface area contributed by atoms with Gasteiger partial charge in [-0.05, 0) is 19.5 Å². The normalized spacial score (nSPS) is 12.2. The van der Waals surface area contributed by atoms with E-state index in [1.807, 2.05) is 24.7 Å². The van der Waals surface area contributed by atoms with Crippen molar-refractivity contribution in [3.63, 3.8) is 0 Å². The van der Waals surface area contributed by atoms with Crippen LogP contribution in [0.15, 0.2) is 12.4 Å². The molecule has 0 atom stereocenters. The van der Waals surface area contributed by atoms with E-state index >= 15 is 0 Å². The van der Waals surface area contributed by atoms with Crippen molar-refractivity contribution < 1.29 is 8.42 Å². The van der Waals surface area contributed by atoms with Crippen molar-refractivity contribution >= 4 is 10.2 Å². The summed E-state index contributed by atoms with van der Waals surface area (Å²) in [6, 6.07) is 0. The monoisotopic (exact) mass is 303 g/mol. The van der Waals surface area contributed by atoms with Crippen LogP contribution in [0.2, 0.25) is 0 Å². The van der Waals surface area contributed by atoms with Gasteiger partial charge in [-0.3, -0.25) is 0 Å². The highest BCUT2D eigenvalue weighted by Gasteiger charge is 2.16. The molecule has 20 heavy (non-hydrogen) atoms. The molecule has 0 amide bonds. The molecule has 1 heterocycles. The molecular weight excluding hydrogens is 278 g/mol. The van der Waals surface area contributed by atoms with Crippen LogP contribution in [0, 0.1) is 0 Å². The molecule has 0 aliphatic rings. The Hall–Kier alpha value is -0.960. The first-order valence-corrected chi connectivity index (χ1v) is 8.29. The Kier molecular flexibility index (Phi) is 7.14. The second kappa shape index (κ2) is 8.35. The van der Waals surface area contributed by atoms with Gasteiger partial charge >= 0.3 is 0 Å². The number of rotatable bonds is 10. The third-order valence-electron chi connectivity index (χ3n) is 3.04. The van der Waals surface area contributed by atoms with Crippen LogP contribution >= 0.6 is 0 Å². The van der Waals surface area contributed by atoms with Crippen molar-refractivity contribution in [2.45, 2.75) is 19.8 Å². The molecular formula is C12H25N5O2S. The van der Waals surface area contributed by atoms with E-state index in [9.17, 15) is 8.42 Å². The third kappa shape index (κ3) is 5.58. The van der Waals surface area contributed by atoms with E-state index in [1.54, 1.807) is 13.2 Å². The minimum absolute atomic E-state index is 0.352. The second-order valence-corrected chi connectivity index (χ2v) is 6.49. The fraction of sp³-hybridized carbons (Fsp3) is 0.750. The number of hydrogen-bond donors (Lipinski definition) is 2. The molecule has 0 saturated heterocycles. The van der Waals surface area contributed by atoms with E-state index in [0.29, 0.717) is 19.5 Å². The fourth-order valence-electron chi connectivity index (χ4n) is 1.76. The summed E-state index contributed by atoms with van der Waals surface area (Å²) in [7, 11) is 0.0898. The summed E-state index contributed by atoms with van der Waals surface area (Å²) < 4.78 is 29.8. The number of aromatic nitrogens is 2. The van der Waals surface area contributed by atoms with E-state index in [4.69, 9.17) is 0 Å². The zero-order valence-corrected chi connectivity index (χ0v) is 13.3. The largest absolute Gasteiger partial charge is 0.338 e. The second-order valence-electron chi connectivity index (χ2n) is 4.63. The van der Waals surface area contributed by atoms with Gasteiger partial charge in [-0.15, -0.1) is 0 Å². The Morgan fingerprint density at radius 3 is 2.75 bits per heavy atom. The first-order chi connectivity index (χ1) is 9.47. The predicted octanol–water partition coefficient (Wildman–Crippen LogP) is -0.272. The average Bonchev–Trinajstić information content (AvgIpc) is 2.80. The van der Waals surface area contributed by atoms with Crippen LogP contribution < -0.4 is 10.0 Å². The maximum atomic E-state index is 12.0. The standard InChI is InChI=1S/C12H25N5O2S/c1-4-13-7-5-10-17(3)20(18,19)15-8-6-12-14-9-11-16(12)2/h9,11,13,15H,4-8,10H2,1-3H3. The smallest absolute Gasteiger partial charge is 0.279 e. The number of hydrogen-bond acceptors (Lipinski definition) is 4. The van der Waals surface area contributed by atoms with Crippen LogP contribution in [-0.2, 0) is 23.7 Å². The van der Waals surface area contributed by atoms with Crippen molar-refractivity contribution in [1.82, 2.24) is 23.9 Å². The Balaban J connectivity index is 2.31. The van der Waals surface area contributed by atoms with Gasteiger partial charge in [-0.1, -0.05) is 6.92 Å². The molecule has 0 bridgehead atoms. The summed E-state index contributed by atoms with van der Waals surface area (Å²) in [5, 5.41) is 3.17. The quantitative estimate of drug-likeness (QED) is 0.583. The minimum atomic E-state index is -3.40. The van der Waals surface area contributed by atoms with E-state index in [-0.39, 0.29) is 0 Å². The lowest BCUT2D eigenvalue weighted by molar-refractivity contribution is 0.445. The molecule has 1 aromatic heterocycles. The summed E-state index contributed by atoms with van der Waals surface area (Å²) in [5.41, 5.74) is 0. The number of nitrogens with one attached hydrogen (secondary N) is 2. The van der Waals surface area contributed by atoms with E-state index in [2.05, 4.69) is 15.0 Å². The van der Waals surface area contributed by atoms with E-state index in [1.165, 1.54) is 4.31 Å². The van der Waals surface area contributed by atoms with Gasteiger partial charge in [-0.2, -0.15) is 12.7 Å². The van der Waals surface area contributed by atoms with Gasteiger partial charge in [0.05, 0.1) is 0 Å². The molecule has 0 aliphatic heterocycles. The average molecular weight is 303 g/mol. The van der Waals surface area contributed by atoms with Gasteiger partial charge < -0.3 is 9.88 Å². The Morgan fingerprint density at radius 2 is 2.15 bits per heavy atom. The summed E-state index contributed by atoms with van der Waals surface area (Å²) in [6.07, 6.45) is 4.92. The lowest BCUT2D eigenvalue weighted by atomic mass is 10.4. The van der Waals surface area contributed by atoms with Crippen LogP contribution in [0.4, 0.5) is 0 Å². The zero-order chi connectivity index (χ0) is 15.0. The highest BCUT2D eigenvalue weighted by atomic mass is 32.2. The first-order valence-electron chi connectivity index (χ1n) is 6.85. The maximum absolute atomic E-state index is 12.0. The summed E-state index contributed by atoms with van der Waals surface area (Å²) in [4.78, 5) is 4.16. The molecule has 0 spiro atoms. The van der Waals surface area contributed by atoms with Crippen molar-refractivity contribution in [2.75, 3.05) is 33.2 Å². The molecule has 0 radical (unpaired) electrons. The van der Waals surface area contributed by atoms with Crippen molar-refractivity contribution in [3.05, 3.63) is 18.2 Å². The van der Waals surface area contributed by atoms with Crippen LogP contribution in [0.5, 0.6) is 0 Å². The van der Waals surface area contributed by atoms with Crippen LogP contribution in [-0.4, -0.2) is 55.5 Å². The predicted molar refractivity (Wildman–Crippen MR) is 79.6 cm³/mol. The van der Waals surface area contributed by atoms with E-state index in [0.717, 1.165) is 25.3 Å². The zero-order valence-electron chi connectivity index (χ0n) is 12.5. The molecule has 0 unspecified atom stereocenters. The molecule has 0 aliphatic carbocycles. The summed E-state index contributed by atoms with van der Waals surface area (Å²) >= 11 is 0. The molecule has 2 N–H and O–H groups in total. The Morgan fingerprint density at radius 1 is 1.40 bits per heavy atom. The number of nitrogens with zero attached hydrogens (tertiary/aromatic N) is 3. The van der Waals surface area contributed by atoms with Gasteiger partial charge in [0, 0.05) is 46.0 Å².